The summed E-state index contributed by atoms with van der Waals surface area (Å²) < 4.78 is 12.1. The fraction of sp³-hybridized carbons (Fsp3) is 0.864. The van der Waals surface area contributed by atoms with Crippen LogP contribution < -0.4 is 0 Å². The van der Waals surface area contributed by atoms with E-state index < -0.39 is 29.5 Å². The minimum atomic E-state index is -1.17. The predicted molar refractivity (Wildman–Crippen MR) is 103 cm³/mol. The third-order valence-electron chi connectivity index (χ3n) is 8.02. The minimum absolute atomic E-state index is 0.0340. The highest BCUT2D eigenvalue weighted by Crippen LogP contribution is 2.66. The molecule has 0 aromatic heterocycles. The van der Waals surface area contributed by atoms with Crippen molar-refractivity contribution in [2.75, 3.05) is 0 Å². The van der Waals surface area contributed by atoms with Crippen molar-refractivity contribution < 1.29 is 24.5 Å². The Balaban J connectivity index is 2.10. The monoisotopic (exact) mass is 380 g/mol. The zero-order chi connectivity index (χ0) is 20.4. The van der Waals surface area contributed by atoms with Crippen molar-refractivity contribution in [1.29, 1.82) is 0 Å². The number of hydrogen-bond acceptors (Lipinski definition) is 5. The molecular weight excluding hydrogens is 344 g/mol. The second-order valence-corrected chi connectivity index (χ2v) is 10.4. The lowest BCUT2D eigenvalue weighted by Gasteiger charge is -2.63. The van der Waals surface area contributed by atoms with Gasteiger partial charge < -0.3 is 19.7 Å². The van der Waals surface area contributed by atoms with Crippen LogP contribution in [0, 0.1) is 22.7 Å². The normalized spacial score (nSPS) is 48.1. The number of rotatable bonds is 3. The van der Waals surface area contributed by atoms with Crippen molar-refractivity contribution in [1.82, 2.24) is 0 Å². The third-order valence-corrected chi connectivity index (χ3v) is 8.02. The van der Waals surface area contributed by atoms with Gasteiger partial charge in [0.1, 0.15) is 17.8 Å². The molecule has 1 aliphatic heterocycles. The summed E-state index contributed by atoms with van der Waals surface area (Å²) >= 11 is 0. The molecule has 2 saturated carbocycles. The predicted octanol–water partition coefficient (Wildman–Crippen LogP) is 3.23. The minimum Gasteiger partial charge on any atom is -0.459 e. The lowest BCUT2D eigenvalue weighted by Crippen LogP contribution is -2.69. The van der Waals surface area contributed by atoms with Gasteiger partial charge in [0, 0.05) is 12.8 Å². The molecule has 2 N–H and O–H groups in total. The van der Waals surface area contributed by atoms with E-state index in [4.69, 9.17) is 9.47 Å². The van der Waals surface area contributed by atoms with Crippen molar-refractivity contribution in [3.63, 3.8) is 0 Å². The quantitative estimate of drug-likeness (QED) is 0.581. The maximum Gasteiger partial charge on any atom is 0.303 e. The molecule has 0 unspecified atom stereocenters. The van der Waals surface area contributed by atoms with Crippen LogP contribution in [-0.2, 0) is 14.3 Å². The van der Waals surface area contributed by atoms with Crippen LogP contribution in [-0.4, -0.2) is 45.7 Å². The van der Waals surface area contributed by atoms with Crippen LogP contribution in [0.25, 0.3) is 0 Å². The molecule has 5 nitrogen and oxygen atoms in total. The topological polar surface area (TPSA) is 76.0 Å². The van der Waals surface area contributed by atoms with E-state index in [1.54, 1.807) is 6.92 Å². The zero-order valence-electron chi connectivity index (χ0n) is 17.6. The maximum atomic E-state index is 11.9. The highest BCUT2D eigenvalue weighted by atomic mass is 16.6. The lowest BCUT2D eigenvalue weighted by molar-refractivity contribution is -0.267. The molecule has 8 atom stereocenters. The number of fused-ring (bicyclic) bond motifs is 3. The van der Waals surface area contributed by atoms with Crippen molar-refractivity contribution in [3.8, 4) is 0 Å². The first-order chi connectivity index (χ1) is 12.3. The number of esters is 1. The largest absolute Gasteiger partial charge is 0.459 e. The summed E-state index contributed by atoms with van der Waals surface area (Å²) in [7, 11) is 0. The average Bonchev–Trinajstić information content (AvgIpc) is 2.92. The Morgan fingerprint density at radius 3 is 2.48 bits per heavy atom. The van der Waals surface area contributed by atoms with E-state index in [2.05, 4.69) is 27.4 Å². The van der Waals surface area contributed by atoms with Crippen LogP contribution in [0.2, 0.25) is 0 Å². The molecule has 0 radical (unpaired) electrons. The van der Waals surface area contributed by atoms with Gasteiger partial charge in [-0.1, -0.05) is 33.3 Å². The number of ether oxygens (including phenoxy) is 2. The van der Waals surface area contributed by atoms with Crippen LogP contribution in [0.15, 0.2) is 12.7 Å². The van der Waals surface area contributed by atoms with Gasteiger partial charge in [0.2, 0.25) is 0 Å². The summed E-state index contributed by atoms with van der Waals surface area (Å²) in [4.78, 5) is 11.9. The molecule has 3 rings (SSSR count). The van der Waals surface area contributed by atoms with Gasteiger partial charge in [0.15, 0.2) is 0 Å². The molecule has 0 bridgehead atoms. The number of aliphatic hydroxyl groups excluding tert-OH is 1. The fourth-order valence-corrected chi connectivity index (χ4v) is 6.75. The Morgan fingerprint density at radius 2 is 1.93 bits per heavy atom. The van der Waals surface area contributed by atoms with E-state index in [-0.39, 0.29) is 28.6 Å². The van der Waals surface area contributed by atoms with E-state index in [0.29, 0.717) is 6.42 Å². The second kappa shape index (κ2) is 6.30. The van der Waals surface area contributed by atoms with E-state index in [1.165, 1.54) is 13.0 Å². The Bertz CT molecular complexity index is 626. The van der Waals surface area contributed by atoms with Gasteiger partial charge in [-0.3, -0.25) is 4.79 Å². The average molecular weight is 381 g/mol. The van der Waals surface area contributed by atoms with Gasteiger partial charge in [-0.15, -0.1) is 6.58 Å². The summed E-state index contributed by atoms with van der Waals surface area (Å²) in [5, 5.41) is 22.1. The van der Waals surface area contributed by atoms with E-state index in [0.717, 1.165) is 19.3 Å². The van der Waals surface area contributed by atoms with Gasteiger partial charge in [-0.05, 0) is 49.9 Å². The molecule has 1 heterocycles. The molecule has 0 aromatic carbocycles. The van der Waals surface area contributed by atoms with Crippen LogP contribution in [0.3, 0.4) is 0 Å². The number of hydrogen-bond donors (Lipinski definition) is 2. The molecule has 1 saturated heterocycles. The van der Waals surface area contributed by atoms with Crippen molar-refractivity contribution in [2.24, 2.45) is 22.7 Å². The molecule has 27 heavy (non-hydrogen) atoms. The van der Waals surface area contributed by atoms with Crippen molar-refractivity contribution >= 4 is 5.97 Å². The molecule has 3 aliphatic rings. The molecule has 0 amide bonds. The van der Waals surface area contributed by atoms with Crippen LogP contribution in [0.4, 0.5) is 0 Å². The molecular formula is C22H36O5. The summed E-state index contributed by atoms with van der Waals surface area (Å²) in [5.74, 6) is -0.281. The van der Waals surface area contributed by atoms with Crippen molar-refractivity contribution in [2.45, 2.75) is 96.7 Å². The number of carbonyl (C=O) groups excluding carboxylic acids is 1. The van der Waals surface area contributed by atoms with Gasteiger partial charge >= 0.3 is 5.97 Å². The lowest BCUT2D eigenvalue weighted by atomic mass is 9.44. The van der Waals surface area contributed by atoms with Gasteiger partial charge in [-0.25, -0.2) is 0 Å². The summed E-state index contributed by atoms with van der Waals surface area (Å²) in [6, 6.07) is 0. The summed E-state index contributed by atoms with van der Waals surface area (Å²) in [5.41, 5.74) is -2.26. The maximum absolute atomic E-state index is 11.9. The van der Waals surface area contributed by atoms with Crippen molar-refractivity contribution in [3.05, 3.63) is 12.7 Å². The highest BCUT2D eigenvalue weighted by molar-refractivity contribution is 5.66. The molecule has 3 fully saturated rings. The summed E-state index contributed by atoms with van der Waals surface area (Å²) in [6.07, 6.45) is 3.30. The van der Waals surface area contributed by atoms with Crippen LogP contribution in [0.5, 0.6) is 0 Å². The third kappa shape index (κ3) is 2.97. The SMILES string of the molecule is C=C[C@](C)(O)[C@@H]1C[C@@H]2[C@]3(C)CCCC(C)(C)[C@@H]3[C@H](OC(C)=O)[C@H](O)[C@@]2(C)O1. The Hall–Kier alpha value is -0.910. The first-order valence-electron chi connectivity index (χ1n) is 10.2. The smallest absolute Gasteiger partial charge is 0.303 e. The van der Waals surface area contributed by atoms with E-state index >= 15 is 0 Å². The first kappa shape index (κ1) is 20.8. The zero-order valence-corrected chi connectivity index (χ0v) is 17.6. The van der Waals surface area contributed by atoms with Gasteiger partial charge in [0.25, 0.3) is 0 Å². The van der Waals surface area contributed by atoms with Gasteiger partial charge in [0.05, 0.1) is 11.7 Å². The first-order valence-corrected chi connectivity index (χ1v) is 10.2. The Morgan fingerprint density at radius 1 is 1.30 bits per heavy atom. The summed E-state index contributed by atoms with van der Waals surface area (Å²) in [6.45, 7) is 15.5. The van der Waals surface area contributed by atoms with Crippen LogP contribution >= 0.6 is 0 Å². The number of carbonyl (C=O) groups is 1. The van der Waals surface area contributed by atoms with E-state index in [1.807, 2.05) is 6.92 Å². The Labute approximate surface area is 163 Å². The molecule has 5 heteroatoms. The van der Waals surface area contributed by atoms with Crippen LogP contribution in [0.1, 0.15) is 67.2 Å². The Kier molecular flexibility index (Phi) is 4.85. The molecule has 0 spiro atoms. The standard InChI is InChI=1S/C22H36O5/c1-8-21(6,25)15-12-14-20(5)11-9-10-19(3,4)17(20)16(26-13(2)23)18(24)22(14,7)27-15/h8,14-18,24-25H,1,9-12H2,2-7H3/t14-,15+,16+,17+,18+,20+,21+,22+/m1/s1. The molecule has 0 aromatic rings. The van der Waals surface area contributed by atoms with Gasteiger partial charge in [-0.2, -0.15) is 0 Å². The van der Waals surface area contributed by atoms with E-state index in [9.17, 15) is 15.0 Å². The number of aliphatic hydroxyl groups is 2. The second-order valence-electron chi connectivity index (χ2n) is 10.4. The molecule has 2 aliphatic carbocycles. The highest BCUT2D eigenvalue weighted by Gasteiger charge is 2.70. The fourth-order valence-electron chi connectivity index (χ4n) is 6.75. The molecule has 154 valence electrons.